The number of halogens is 4. The third kappa shape index (κ3) is 7.79. The van der Waals surface area contributed by atoms with E-state index in [-0.39, 0.29) is 16.3 Å². The highest BCUT2D eigenvalue weighted by atomic mass is 35.5. The van der Waals surface area contributed by atoms with Crippen LogP contribution in [0.1, 0.15) is 16.8 Å². The third-order valence-corrected chi connectivity index (χ3v) is 4.85. The summed E-state index contributed by atoms with van der Waals surface area (Å²) in [4.78, 5) is 25.2. The Balaban J connectivity index is 2.02. The van der Waals surface area contributed by atoms with Gasteiger partial charge in [-0.3, -0.25) is 9.59 Å². The number of nitrogens with one attached hydrogen (secondary N) is 2. The highest BCUT2D eigenvalue weighted by Gasteiger charge is 2.28. The fourth-order valence-electron chi connectivity index (χ4n) is 2.41. The molecule has 0 spiro atoms. The summed E-state index contributed by atoms with van der Waals surface area (Å²) in [5.74, 6) is -0.270. The molecule has 10 heteroatoms. The molecule has 0 bridgehead atoms. The first kappa shape index (κ1) is 23.9. The van der Waals surface area contributed by atoms with Crippen molar-refractivity contribution in [3.63, 3.8) is 0 Å². The minimum Gasteiger partial charge on any atom is -0.484 e. The van der Waals surface area contributed by atoms with Crippen molar-refractivity contribution in [2.45, 2.75) is 18.6 Å². The van der Waals surface area contributed by atoms with Gasteiger partial charge in [0.25, 0.3) is 5.91 Å². The topological polar surface area (TPSA) is 67.4 Å². The average molecular weight is 461 g/mol. The fourth-order valence-corrected chi connectivity index (χ4v) is 3.11. The third-order valence-electron chi connectivity index (χ3n) is 3.88. The van der Waals surface area contributed by atoms with Crippen LogP contribution in [0, 0.1) is 0 Å². The van der Waals surface area contributed by atoms with E-state index in [0.717, 1.165) is 0 Å². The molecule has 162 valence electrons. The highest BCUT2D eigenvalue weighted by molar-refractivity contribution is 7.98. The van der Waals surface area contributed by atoms with Crippen molar-refractivity contribution in [1.82, 2.24) is 5.32 Å². The summed E-state index contributed by atoms with van der Waals surface area (Å²) in [7, 11) is 0. The minimum absolute atomic E-state index is 0.0243. The molecule has 1 atom stereocenters. The van der Waals surface area contributed by atoms with Crippen LogP contribution < -0.4 is 15.4 Å². The number of anilines is 1. The van der Waals surface area contributed by atoms with Gasteiger partial charge in [0, 0.05) is 5.69 Å². The first-order valence-electron chi connectivity index (χ1n) is 8.84. The van der Waals surface area contributed by atoms with Gasteiger partial charge in [-0.15, -0.1) is 0 Å². The normalized spacial score (nSPS) is 12.2. The van der Waals surface area contributed by atoms with Crippen molar-refractivity contribution in [1.29, 1.82) is 0 Å². The SMILES string of the molecule is CSCCC(NC(=O)c1ccccc1Cl)C(=O)Nc1ccc(OCC(F)(F)F)cc1. The minimum atomic E-state index is -4.43. The lowest BCUT2D eigenvalue weighted by Crippen LogP contribution is -2.44. The second kappa shape index (κ2) is 11.1. The van der Waals surface area contributed by atoms with Gasteiger partial charge in [-0.05, 0) is 54.8 Å². The Kier molecular flexibility index (Phi) is 8.86. The second-order valence-corrected chi connectivity index (χ2v) is 7.60. The van der Waals surface area contributed by atoms with Gasteiger partial charge in [-0.25, -0.2) is 0 Å². The van der Waals surface area contributed by atoms with Gasteiger partial charge < -0.3 is 15.4 Å². The lowest BCUT2D eigenvalue weighted by atomic mass is 10.1. The molecule has 0 radical (unpaired) electrons. The van der Waals surface area contributed by atoms with Crippen molar-refractivity contribution in [3.8, 4) is 5.75 Å². The number of thioether (sulfide) groups is 1. The van der Waals surface area contributed by atoms with Gasteiger partial charge in [-0.2, -0.15) is 24.9 Å². The molecule has 0 saturated heterocycles. The standard InChI is InChI=1S/C20H20ClF3N2O3S/c1-30-11-10-17(26-18(27)15-4-2-3-5-16(15)21)19(28)25-13-6-8-14(9-7-13)29-12-20(22,23)24/h2-9,17H,10-12H2,1H3,(H,25,28)(H,26,27). The largest absolute Gasteiger partial charge is 0.484 e. The summed E-state index contributed by atoms with van der Waals surface area (Å²) < 4.78 is 41.3. The molecule has 0 aliphatic rings. The molecule has 0 aromatic heterocycles. The molecule has 2 amide bonds. The molecule has 1 unspecified atom stereocenters. The monoisotopic (exact) mass is 460 g/mol. The quantitative estimate of drug-likeness (QED) is 0.565. The van der Waals surface area contributed by atoms with Crippen LogP contribution in [0.25, 0.3) is 0 Å². The molecule has 2 rings (SSSR count). The lowest BCUT2D eigenvalue weighted by Gasteiger charge is -2.19. The molecule has 0 aliphatic heterocycles. The van der Waals surface area contributed by atoms with Crippen LogP contribution in [0.15, 0.2) is 48.5 Å². The smallest absolute Gasteiger partial charge is 0.422 e. The number of amides is 2. The number of rotatable bonds is 9. The molecule has 0 heterocycles. The maximum absolute atomic E-state index is 12.7. The molecule has 2 N–H and O–H groups in total. The van der Waals surface area contributed by atoms with Crippen molar-refractivity contribution in [2.75, 3.05) is 23.9 Å². The first-order chi connectivity index (χ1) is 14.2. The van der Waals surface area contributed by atoms with Gasteiger partial charge in [0.05, 0.1) is 10.6 Å². The summed E-state index contributed by atoms with van der Waals surface area (Å²) in [5.41, 5.74) is 0.618. The van der Waals surface area contributed by atoms with Crippen molar-refractivity contribution < 1.29 is 27.5 Å². The molecule has 0 fully saturated rings. The molecule has 2 aromatic carbocycles. The molecular formula is C20H20ClF3N2O3S. The van der Waals surface area contributed by atoms with E-state index < -0.39 is 30.6 Å². The highest BCUT2D eigenvalue weighted by Crippen LogP contribution is 2.21. The zero-order chi connectivity index (χ0) is 22.1. The van der Waals surface area contributed by atoms with E-state index in [1.54, 1.807) is 24.3 Å². The Morgan fingerprint density at radius 2 is 1.80 bits per heavy atom. The Labute approximate surface area is 181 Å². The maximum Gasteiger partial charge on any atom is 0.422 e. The van der Waals surface area contributed by atoms with Crippen LogP contribution in [0.5, 0.6) is 5.75 Å². The van der Waals surface area contributed by atoms with Gasteiger partial charge in [0.15, 0.2) is 6.61 Å². The van der Waals surface area contributed by atoms with Crippen molar-refractivity contribution in [2.24, 2.45) is 0 Å². The molecule has 2 aromatic rings. The zero-order valence-corrected chi connectivity index (χ0v) is 17.5. The summed E-state index contributed by atoms with van der Waals surface area (Å²) in [6.45, 7) is -1.40. The number of ether oxygens (including phenoxy) is 1. The molecule has 5 nitrogen and oxygen atoms in total. The Morgan fingerprint density at radius 1 is 1.13 bits per heavy atom. The van der Waals surface area contributed by atoms with Crippen molar-refractivity contribution in [3.05, 3.63) is 59.1 Å². The zero-order valence-electron chi connectivity index (χ0n) is 16.0. The number of hydrogen-bond acceptors (Lipinski definition) is 4. The average Bonchev–Trinajstić information content (AvgIpc) is 2.70. The van der Waals surface area contributed by atoms with E-state index >= 15 is 0 Å². The van der Waals surface area contributed by atoms with Crippen LogP contribution in [0.3, 0.4) is 0 Å². The Morgan fingerprint density at radius 3 is 2.40 bits per heavy atom. The summed E-state index contributed by atoms with van der Waals surface area (Å²) in [5, 5.41) is 5.60. The summed E-state index contributed by atoms with van der Waals surface area (Å²) in [6, 6.07) is 11.2. The van der Waals surface area contributed by atoms with Crippen molar-refractivity contribution >= 4 is 40.9 Å². The van der Waals surface area contributed by atoms with E-state index in [2.05, 4.69) is 15.4 Å². The predicted molar refractivity (Wildman–Crippen MR) is 112 cm³/mol. The molecular weight excluding hydrogens is 441 g/mol. The number of carbonyl (C=O) groups is 2. The maximum atomic E-state index is 12.7. The van der Waals surface area contributed by atoms with E-state index in [9.17, 15) is 22.8 Å². The fraction of sp³-hybridized carbons (Fsp3) is 0.300. The van der Waals surface area contributed by atoms with E-state index in [1.165, 1.54) is 36.0 Å². The number of hydrogen-bond donors (Lipinski definition) is 2. The summed E-state index contributed by atoms with van der Waals surface area (Å²) in [6.07, 6.45) is -2.17. The number of carbonyl (C=O) groups excluding carboxylic acids is 2. The van der Waals surface area contributed by atoms with Gasteiger partial charge in [0.1, 0.15) is 11.8 Å². The lowest BCUT2D eigenvalue weighted by molar-refractivity contribution is -0.153. The summed E-state index contributed by atoms with van der Waals surface area (Å²) >= 11 is 7.56. The number of alkyl halides is 3. The van der Waals surface area contributed by atoms with Crippen LogP contribution in [-0.2, 0) is 4.79 Å². The molecule has 30 heavy (non-hydrogen) atoms. The van der Waals surface area contributed by atoms with Gasteiger partial charge in [0.2, 0.25) is 5.91 Å². The molecule has 0 aliphatic carbocycles. The second-order valence-electron chi connectivity index (χ2n) is 6.20. The molecule has 0 saturated carbocycles. The van der Waals surface area contributed by atoms with Crippen LogP contribution in [0.4, 0.5) is 18.9 Å². The first-order valence-corrected chi connectivity index (χ1v) is 10.6. The predicted octanol–water partition coefficient (Wildman–Crippen LogP) is 4.77. The Hall–Kier alpha value is -2.39. The van der Waals surface area contributed by atoms with E-state index in [0.29, 0.717) is 17.9 Å². The van der Waals surface area contributed by atoms with E-state index in [1.807, 2.05) is 6.26 Å². The Bertz CT molecular complexity index is 863. The van der Waals surface area contributed by atoms with E-state index in [4.69, 9.17) is 11.6 Å². The van der Waals surface area contributed by atoms with Gasteiger partial charge in [-0.1, -0.05) is 23.7 Å². The van der Waals surface area contributed by atoms with Crippen LogP contribution in [-0.4, -0.2) is 42.6 Å². The van der Waals surface area contributed by atoms with Crippen LogP contribution >= 0.6 is 23.4 Å². The number of benzene rings is 2. The van der Waals surface area contributed by atoms with Crippen LogP contribution in [0.2, 0.25) is 5.02 Å². The van der Waals surface area contributed by atoms with Gasteiger partial charge >= 0.3 is 6.18 Å².